The summed E-state index contributed by atoms with van der Waals surface area (Å²) in [6.45, 7) is 3.27. The van der Waals surface area contributed by atoms with E-state index in [-0.39, 0.29) is 16.5 Å². The second-order valence-electron chi connectivity index (χ2n) is 6.86. The molecule has 28 heavy (non-hydrogen) atoms. The summed E-state index contributed by atoms with van der Waals surface area (Å²) >= 11 is 6.21. The van der Waals surface area contributed by atoms with Gasteiger partial charge in [-0.05, 0) is 36.5 Å². The molecule has 3 rings (SSSR count). The molecule has 1 aliphatic rings. The number of hydrogen-bond donors (Lipinski definition) is 1. The molecule has 0 unspecified atom stereocenters. The summed E-state index contributed by atoms with van der Waals surface area (Å²) in [5.41, 5.74) is 2.77. The van der Waals surface area contributed by atoms with Crippen molar-refractivity contribution < 1.29 is 13.3 Å². The lowest BCUT2D eigenvalue weighted by Gasteiger charge is -2.18. The summed E-state index contributed by atoms with van der Waals surface area (Å²) in [6, 6.07) is 10.1. The quantitative estimate of drug-likeness (QED) is 0.534. The van der Waals surface area contributed by atoms with Crippen LogP contribution in [0.5, 0.6) is 0 Å². The molecule has 0 aromatic heterocycles. The molecule has 0 amide bonds. The van der Waals surface area contributed by atoms with Crippen molar-refractivity contribution in [2.75, 3.05) is 18.4 Å². The van der Waals surface area contributed by atoms with Crippen molar-refractivity contribution in [1.29, 1.82) is 0 Å². The van der Waals surface area contributed by atoms with Crippen molar-refractivity contribution in [3.63, 3.8) is 0 Å². The van der Waals surface area contributed by atoms with Crippen molar-refractivity contribution in [3.05, 3.63) is 68.2 Å². The van der Waals surface area contributed by atoms with Crippen LogP contribution in [0.3, 0.4) is 0 Å². The third kappa shape index (κ3) is 4.63. The Morgan fingerprint density at radius 3 is 2.43 bits per heavy atom. The van der Waals surface area contributed by atoms with Gasteiger partial charge in [-0.15, -0.1) is 0 Å². The molecule has 2 aromatic rings. The number of non-ortho nitro benzene ring substituents is 1. The Bertz CT molecular complexity index is 965. The fourth-order valence-corrected chi connectivity index (χ4v) is 5.36. The van der Waals surface area contributed by atoms with E-state index >= 15 is 0 Å². The number of anilines is 1. The van der Waals surface area contributed by atoms with Crippen LogP contribution in [-0.4, -0.2) is 30.7 Å². The second-order valence-corrected chi connectivity index (χ2v) is 9.24. The molecule has 0 spiro atoms. The summed E-state index contributed by atoms with van der Waals surface area (Å²) < 4.78 is 26.9. The summed E-state index contributed by atoms with van der Waals surface area (Å²) in [4.78, 5) is 10.5. The number of halogens is 1. The molecule has 1 fully saturated rings. The summed E-state index contributed by atoms with van der Waals surface area (Å²) in [6.07, 6.45) is 1.81. The lowest BCUT2D eigenvalue weighted by atomic mass is 10.1. The maximum atomic E-state index is 12.7. The molecule has 0 saturated carbocycles. The van der Waals surface area contributed by atoms with Gasteiger partial charge in [0.1, 0.15) is 0 Å². The van der Waals surface area contributed by atoms with Gasteiger partial charge in [-0.25, -0.2) is 12.7 Å². The van der Waals surface area contributed by atoms with E-state index in [1.807, 2.05) is 24.3 Å². The maximum absolute atomic E-state index is 12.7. The number of aryl methyl sites for hydroxylation is 1. The Hall–Kier alpha value is -2.16. The SMILES string of the molecule is Cc1cc([N+](=O)[O-])cc(Cl)c1NCc1ccccc1CS(=O)(=O)N1CCCC1. The normalized spacial score (nSPS) is 14.9. The average molecular weight is 424 g/mol. The molecule has 1 heterocycles. The van der Waals surface area contributed by atoms with Gasteiger partial charge >= 0.3 is 0 Å². The smallest absolute Gasteiger partial charge is 0.271 e. The molecule has 150 valence electrons. The topological polar surface area (TPSA) is 92.5 Å². The van der Waals surface area contributed by atoms with Gasteiger partial charge in [-0.1, -0.05) is 35.9 Å². The number of hydrogen-bond acceptors (Lipinski definition) is 5. The summed E-state index contributed by atoms with van der Waals surface area (Å²) in [7, 11) is -3.35. The fourth-order valence-electron chi connectivity index (χ4n) is 3.36. The summed E-state index contributed by atoms with van der Waals surface area (Å²) in [5, 5.41) is 14.4. The highest BCUT2D eigenvalue weighted by Crippen LogP contribution is 2.31. The van der Waals surface area contributed by atoms with Gasteiger partial charge in [0.15, 0.2) is 0 Å². The first-order valence-corrected chi connectivity index (χ1v) is 11.0. The van der Waals surface area contributed by atoms with E-state index < -0.39 is 14.9 Å². The van der Waals surface area contributed by atoms with Crippen molar-refractivity contribution in [2.45, 2.75) is 32.1 Å². The highest BCUT2D eigenvalue weighted by molar-refractivity contribution is 7.88. The van der Waals surface area contributed by atoms with E-state index in [4.69, 9.17) is 11.6 Å². The van der Waals surface area contributed by atoms with Gasteiger partial charge in [-0.2, -0.15) is 0 Å². The van der Waals surface area contributed by atoms with Crippen molar-refractivity contribution in [3.8, 4) is 0 Å². The number of nitro benzene ring substituents is 1. The first-order chi connectivity index (χ1) is 13.3. The van der Waals surface area contributed by atoms with Gasteiger partial charge in [0.25, 0.3) is 5.69 Å². The van der Waals surface area contributed by atoms with Crippen LogP contribution in [0.1, 0.15) is 29.5 Å². The van der Waals surface area contributed by atoms with Crippen LogP contribution in [0.15, 0.2) is 36.4 Å². The minimum Gasteiger partial charge on any atom is -0.380 e. The predicted molar refractivity (Wildman–Crippen MR) is 110 cm³/mol. The highest BCUT2D eigenvalue weighted by Gasteiger charge is 2.26. The molecule has 1 saturated heterocycles. The number of benzene rings is 2. The number of nitrogens with zero attached hydrogens (tertiary/aromatic N) is 2. The third-order valence-electron chi connectivity index (χ3n) is 4.85. The standard InChI is InChI=1S/C19H22ClN3O4S/c1-14-10-17(23(24)25)11-18(20)19(14)21-12-15-6-2-3-7-16(15)13-28(26,27)22-8-4-5-9-22/h2-3,6-7,10-11,21H,4-5,8-9,12-13H2,1H3. The Kier molecular flexibility index (Phi) is 6.22. The zero-order valence-corrected chi connectivity index (χ0v) is 17.1. The Balaban J connectivity index is 1.78. The Morgan fingerprint density at radius 2 is 1.82 bits per heavy atom. The van der Waals surface area contributed by atoms with E-state index in [0.717, 1.165) is 24.0 Å². The molecule has 0 radical (unpaired) electrons. The van der Waals surface area contributed by atoms with Crippen LogP contribution in [-0.2, 0) is 22.3 Å². The minimum atomic E-state index is -3.35. The second kappa shape index (κ2) is 8.46. The molecule has 0 bridgehead atoms. The first kappa shape index (κ1) is 20.6. The molecule has 2 aromatic carbocycles. The van der Waals surface area contributed by atoms with Gasteiger partial charge < -0.3 is 5.32 Å². The predicted octanol–water partition coefficient (Wildman–Crippen LogP) is 4.09. The monoisotopic (exact) mass is 423 g/mol. The van der Waals surface area contributed by atoms with E-state index in [9.17, 15) is 18.5 Å². The first-order valence-electron chi connectivity index (χ1n) is 9.01. The number of sulfonamides is 1. The van der Waals surface area contributed by atoms with Crippen LogP contribution in [0, 0.1) is 17.0 Å². The van der Waals surface area contributed by atoms with Crippen LogP contribution < -0.4 is 5.32 Å². The molecular formula is C19H22ClN3O4S. The maximum Gasteiger partial charge on any atom is 0.271 e. The number of rotatable bonds is 7. The highest BCUT2D eigenvalue weighted by atomic mass is 35.5. The minimum absolute atomic E-state index is 0.0438. The summed E-state index contributed by atoms with van der Waals surface area (Å²) in [5.74, 6) is -0.0438. The fraction of sp³-hybridized carbons (Fsp3) is 0.368. The average Bonchev–Trinajstić information content (AvgIpc) is 3.17. The van der Waals surface area contributed by atoms with Gasteiger partial charge in [0.05, 0.1) is 21.4 Å². The van der Waals surface area contributed by atoms with Gasteiger partial charge in [-0.3, -0.25) is 10.1 Å². The van der Waals surface area contributed by atoms with E-state index in [2.05, 4.69) is 5.32 Å². The zero-order chi connectivity index (χ0) is 20.3. The largest absolute Gasteiger partial charge is 0.380 e. The van der Waals surface area contributed by atoms with E-state index in [1.165, 1.54) is 12.1 Å². The molecular weight excluding hydrogens is 402 g/mol. The van der Waals surface area contributed by atoms with Crippen LogP contribution in [0.25, 0.3) is 0 Å². The van der Waals surface area contributed by atoms with E-state index in [1.54, 1.807) is 11.2 Å². The van der Waals surface area contributed by atoms with Gasteiger partial charge in [0.2, 0.25) is 10.0 Å². The third-order valence-corrected chi connectivity index (χ3v) is 6.98. The van der Waals surface area contributed by atoms with E-state index in [0.29, 0.717) is 30.9 Å². The van der Waals surface area contributed by atoms with Gasteiger partial charge in [0, 0.05) is 31.8 Å². The van der Waals surface area contributed by atoms with Crippen LogP contribution in [0.4, 0.5) is 11.4 Å². The Morgan fingerprint density at radius 1 is 1.18 bits per heavy atom. The number of nitro groups is 1. The molecule has 1 aliphatic heterocycles. The lowest BCUT2D eigenvalue weighted by molar-refractivity contribution is -0.384. The van der Waals surface area contributed by atoms with Crippen LogP contribution in [0.2, 0.25) is 5.02 Å². The molecule has 1 N–H and O–H groups in total. The zero-order valence-electron chi connectivity index (χ0n) is 15.5. The van der Waals surface area contributed by atoms with Crippen molar-refractivity contribution in [1.82, 2.24) is 4.31 Å². The lowest BCUT2D eigenvalue weighted by Crippen LogP contribution is -2.29. The van der Waals surface area contributed by atoms with Crippen molar-refractivity contribution >= 4 is 33.0 Å². The molecule has 9 heteroatoms. The molecule has 0 atom stereocenters. The molecule has 7 nitrogen and oxygen atoms in total. The van der Waals surface area contributed by atoms with Crippen molar-refractivity contribution in [2.24, 2.45) is 0 Å². The number of nitrogens with one attached hydrogen (secondary N) is 1. The van der Waals surface area contributed by atoms with Crippen LogP contribution >= 0.6 is 11.6 Å². The molecule has 0 aliphatic carbocycles. The Labute approximate surface area is 169 Å².